The zero-order valence-corrected chi connectivity index (χ0v) is 15.5. The first-order valence-corrected chi connectivity index (χ1v) is 8.47. The number of non-ortho nitro benzene ring substituents is 1. The molecule has 0 aliphatic heterocycles. The lowest BCUT2D eigenvalue weighted by molar-refractivity contribution is -0.384. The van der Waals surface area contributed by atoms with Gasteiger partial charge in [0.05, 0.1) is 24.3 Å². The molecule has 0 aromatic heterocycles. The molecule has 0 atom stereocenters. The van der Waals surface area contributed by atoms with Crippen molar-refractivity contribution in [2.24, 2.45) is 0 Å². The zero-order valence-electron chi connectivity index (χ0n) is 15.5. The zero-order chi connectivity index (χ0) is 20.5. The van der Waals surface area contributed by atoms with Gasteiger partial charge in [0.1, 0.15) is 23.1 Å². The number of nitrogens with one attached hydrogen (secondary N) is 1. The number of methoxy groups -OCH3 is 1. The van der Waals surface area contributed by atoms with Gasteiger partial charge in [-0.15, -0.1) is 0 Å². The van der Waals surface area contributed by atoms with Crippen LogP contribution in [0, 0.1) is 21.4 Å². The van der Waals surface area contributed by atoms with Crippen LogP contribution in [0.2, 0.25) is 0 Å². The summed E-state index contributed by atoms with van der Waals surface area (Å²) in [6, 6.07) is 12.7. The van der Waals surface area contributed by atoms with E-state index >= 15 is 0 Å². The summed E-state index contributed by atoms with van der Waals surface area (Å²) in [6.07, 6.45) is 2.22. The van der Waals surface area contributed by atoms with E-state index in [0.717, 1.165) is 6.42 Å². The fraction of sp³-hybridized carbons (Fsp3) is 0.200. The van der Waals surface area contributed by atoms with Crippen molar-refractivity contribution in [3.05, 3.63) is 63.7 Å². The number of carbonyl (C=O) groups is 1. The molecule has 0 bridgehead atoms. The number of hydrogen-bond acceptors (Lipinski definition) is 6. The second-order valence-corrected chi connectivity index (χ2v) is 5.65. The van der Waals surface area contributed by atoms with Crippen LogP contribution in [-0.2, 0) is 4.79 Å². The number of nitro benzene ring substituents is 1. The van der Waals surface area contributed by atoms with Gasteiger partial charge in [-0.1, -0.05) is 25.1 Å². The lowest BCUT2D eigenvalue weighted by atomic mass is 10.1. The molecule has 0 heterocycles. The van der Waals surface area contributed by atoms with E-state index in [2.05, 4.69) is 5.32 Å². The lowest BCUT2D eigenvalue weighted by Gasteiger charge is -2.10. The van der Waals surface area contributed by atoms with E-state index in [4.69, 9.17) is 9.47 Å². The van der Waals surface area contributed by atoms with Crippen LogP contribution in [0.3, 0.4) is 0 Å². The van der Waals surface area contributed by atoms with Crippen molar-refractivity contribution < 1.29 is 19.2 Å². The predicted molar refractivity (Wildman–Crippen MR) is 104 cm³/mol. The summed E-state index contributed by atoms with van der Waals surface area (Å²) in [4.78, 5) is 22.9. The normalized spacial score (nSPS) is 10.7. The van der Waals surface area contributed by atoms with Crippen LogP contribution in [0.5, 0.6) is 11.5 Å². The Morgan fingerprint density at radius 2 is 2.04 bits per heavy atom. The number of rotatable bonds is 8. The molecule has 2 aromatic rings. The van der Waals surface area contributed by atoms with Crippen LogP contribution in [0.15, 0.2) is 48.0 Å². The SMILES string of the molecule is CCCOc1ccccc1/C=C(\C#N)C(=O)Nc1cc([N+](=O)[O-])ccc1OC. The molecule has 1 N–H and O–H groups in total. The Bertz CT molecular complexity index is 947. The van der Waals surface area contributed by atoms with Crippen molar-refractivity contribution in [2.75, 3.05) is 19.0 Å². The van der Waals surface area contributed by atoms with Gasteiger partial charge in [0.25, 0.3) is 11.6 Å². The Hall–Kier alpha value is -3.86. The van der Waals surface area contributed by atoms with Gasteiger partial charge >= 0.3 is 0 Å². The second kappa shape index (κ2) is 9.73. The molecular formula is C20H19N3O5. The molecule has 0 aliphatic rings. The molecule has 2 aromatic carbocycles. The third kappa shape index (κ3) is 5.08. The first-order valence-electron chi connectivity index (χ1n) is 8.47. The summed E-state index contributed by atoms with van der Waals surface area (Å²) < 4.78 is 10.7. The number of nitro groups is 1. The minimum absolute atomic E-state index is 0.0957. The van der Waals surface area contributed by atoms with E-state index in [9.17, 15) is 20.2 Å². The number of carbonyl (C=O) groups excluding carboxylic acids is 1. The molecule has 0 aliphatic carbocycles. The lowest BCUT2D eigenvalue weighted by Crippen LogP contribution is -2.14. The summed E-state index contributed by atoms with van der Waals surface area (Å²) in [5, 5.41) is 22.9. The molecular weight excluding hydrogens is 362 g/mol. The maximum Gasteiger partial charge on any atom is 0.271 e. The molecule has 0 unspecified atom stereocenters. The molecule has 2 rings (SSSR count). The molecule has 0 saturated carbocycles. The van der Waals surface area contributed by atoms with Gasteiger partial charge in [0, 0.05) is 17.7 Å². The Balaban J connectivity index is 2.33. The average molecular weight is 381 g/mol. The molecule has 144 valence electrons. The third-order valence-corrected chi connectivity index (χ3v) is 3.69. The Morgan fingerprint density at radius 1 is 1.29 bits per heavy atom. The first kappa shape index (κ1) is 20.5. The fourth-order valence-corrected chi connectivity index (χ4v) is 2.34. The fourth-order valence-electron chi connectivity index (χ4n) is 2.34. The molecule has 0 saturated heterocycles. The van der Waals surface area contributed by atoms with E-state index in [1.807, 2.05) is 13.0 Å². The van der Waals surface area contributed by atoms with Gasteiger partial charge in [-0.05, 0) is 24.6 Å². The summed E-state index contributed by atoms with van der Waals surface area (Å²) in [5.74, 6) is 0.0762. The van der Waals surface area contributed by atoms with Crippen molar-refractivity contribution in [3.63, 3.8) is 0 Å². The largest absolute Gasteiger partial charge is 0.495 e. The first-order chi connectivity index (χ1) is 13.5. The highest BCUT2D eigenvalue weighted by Crippen LogP contribution is 2.29. The van der Waals surface area contributed by atoms with Gasteiger partial charge in [-0.25, -0.2) is 0 Å². The number of nitrogens with zero attached hydrogens (tertiary/aromatic N) is 2. The smallest absolute Gasteiger partial charge is 0.271 e. The van der Waals surface area contributed by atoms with E-state index in [1.54, 1.807) is 24.3 Å². The van der Waals surface area contributed by atoms with Gasteiger partial charge in [-0.3, -0.25) is 14.9 Å². The topological polar surface area (TPSA) is 114 Å². The highest BCUT2D eigenvalue weighted by Gasteiger charge is 2.16. The number of amides is 1. The maximum atomic E-state index is 12.6. The quantitative estimate of drug-likeness (QED) is 0.321. The average Bonchev–Trinajstić information content (AvgIpc) is 2.70. The van der Waals surface area contributed by atoms with E-state index in [-0.39, 0.29) is 22.7 Å². The van der Waals surface area contributed by atoms with Crippen LogP contribution in [0.1, 0.15) is 18.9 Å². The number of benzene rings is 2. The Labute approximate surface area is 162 Å². The van der Waals surface area contributed by atoms with Crippen molar-refractivity contribution in [3.8, 4) is 17.6 Å². The summed E-state index contributed by atoms with van der Waals surface area (Å²) >= 11 is 0. The van der Waals surface area contributed by atoms with Gasteiger partial charge in [-0.2, -0.15) is 5.26 Å². The summed E-state index contributed by atoms with van der Waals surface area (Å²) in [5.41, 5.74) is 0.282. The molecule has 8 heteroatoms. The predicted octanol–water partition coefficient (Wildman–Crippen LogP) is 3.94. The standard InChI is InChI=1S/C20H19N3O5/c1-3-10-28-18-7-5-4-6-14(18)11-15(13-21)20(24)22-17-12-16(23(25)26)8-9-19(17)27-2/h4-9,11-12H,3,10H2,1-2H3,(H,22,24)/b15-11+. The molecule has 0 spiro atoms. The molecule has 0 radical (unpaired) electrons. The van der Waals surface area contributed by atoms with Gasteiger partial charge < -0.3 is 14.8 Å². The minimum atomic E-state index is -0.716. The highest BCUT2D eigenvalue weighted by atomic mass is 16.6. The highest BCUT2D eigenvalue weighted by molar-refractivity contribution is 6.10. The van der Waals surface area contributed by atoms with Crippen molar-refractivity contribution in [1.29, 1.82) is 5.26 Å². The van der Waals surface area contributed by atoms with Crippen LogP contribution in [-0.4, -0.2) is 24.5 Å². The number of ether oxygens (including phenoxy) is 2. The maximum absolute atomic E-state index is 12.6. The number of hydrogen-bond donors (Lipinski definition) is 1. The van der Waals surface area contributed by atoms with E-state index in [0.29, 0.717) is 17.9 Å². The Kier molecular flexibility index (Phi) is 7.11. The summed E-state index contributed by atoms with van der Waals surface area (Å²) in [7, 11) is 1.37. The second-order valence-electron chi connectivity index (χ2n) is 5.65. The number of nitriles is 1. The van der Waals surface area contributed by atoms with Crippen LogP contribution in [0.4, 0.5) is 11.4 Å². The van der Waals surface area contributed by atoms with Crippen molar-refractivity contribution in [1.82, 2.24) is 0 Å². The van der Waals surface area contributed by atoms with E-state index in [1.165, 1.54) is 31.4 Å². The van der Waals surface area contributed by atoms with Crippen molar-refractivity contribution in [2.45, 2.75) is 13.3 Å². The molecule has 8 nitrogen and oxygen atoms in total. The monoisotopic (exact) mass is 381 g/mol. The van der Waals surface area contributed by atoms with E-state index < -0.39 is 10.8 Å². The molecule has 28 heavy (non-hydrogen) atoms. The molecule has 0 fully saturated rings. The minimum Gasteiger partial charge on any atom is -0.495 e. The van der Waals surface area contributed by atoms with Crippen LogP contribution >= 0.6 is 0 Å². The number of anilines is 1. The van der Waals surface area contributed by atoms with Crippen LogP contribution < -0.4 is 14.8 Å². The Morgan fingerprint density at radius 3 is 2.68 bits per heavy atom. The summed E-state index contributed by atoms with van der Waals surface area (Å²) in [6.45, 7) is 2.48. The number of para-hydroxylation sites is 1. The molecule has 1 amide bonds. The van der Waals surface area contributed by atoms with Gasteiger partial charge in [0.2, 0.25) is 0 Å². The van der Waals surface area contributed by atoms with Gasteiger partial charge in [0.15, 0.2) is 0 Å². The third-order valence-electron chi connectivity index (χ3n) is 3.69. The van der Waals surface area contributed by atoms with Crippen LogP contribution in [0.25, 0.3) is 6.08 Å². The van der Waals surface area contributed by atoms with Crippen molar-refractivity contribution >= 4 is 23.4 Å².